The van der Waals surface area contributed by atoms with E-state index < -0.39 is 14.7 Å². The van der Waals surface area contributed by atoms with Crippen LogP contribution in [-0.4, -0.2) is 20.9 Å². The van der Waals surface area contributed by atoms with Crippen LogP contribution in [-0.2, 0) is 0 Å². The Hall–Kier alpha value is -0.552. The molecular formula is C9H11AsO. The number of carbonyl (C=O) groups excluding carboxylic acids is 1. The average molecular weight is 210 g/mol. The van der Waals surface area contributed by atoms with Crippen LogP contribution in [0.5, 0.6) is 0 Å². The van der Waals surface area contributed by atoms with Gasteiger partial charge in [0.05, 0.1) is 0 Å². The van der Waals surface area contributed by atoms with Crippen LogP contribution in [0.15, 0.2) is 24.3 Å². The van der Waals surface area contributed by atoms with Crippen molar-refractivity contribution in [1.29, 1.82) is 0 Å². The van der Waals surface area contributed by atoms with E-state index in [0.717, 1.165) is 11.8 Å². The molecule has 0 aromatic heterocycles. The van der Waals surface area contributed by atoms with Gasteiger partial charge in [0, 0.05) is 0 Å². The standard InChI is InChI=1S/C9H11AsO/c1-10(2)9-5-3-8(7-11)4-6-9/h3-7H,1-2H3. The number of rotatable bonds is 2. The van der Waals surface area contributed by atoms with Crippen molar-refractivity contribution in [2.24, 2.45) is 0 Å². The normalized spacial score (nSPS) is 10.1. The molecule has 1 aromatic carbocycles. The van der Waals surface area contributed by atoms with E-state index in [1.165, 1.54) is 4.35 Å². The van der Waals surface area contributed by atoms with E-state index in [4.69, 9.17) is 0 Å². The minimum atomic E-state index is -0.737. The van der Waals surface area contributed by atoms with Gasteiger partial charge >= 0.3 is 71.3 Å². The number of benzene rings is 1. The van der Waals surface area contributed by atoms with Crippen molar-refractivity contribution in [3.63, 3.8) is 0 Å². The van der Waals surface area contributed by atoms with E-state index in [1.807, 2.05) is 12.1 Å². The SMILES string of the molecule is C[As](C)c1ccc(C=O)cc1. The zero-order chi connectivity index (χ0) is 8.27. The third-order valence-corrected chi connectivity index (χ3v) is 4.34. The fraction of sp³-hybridized carbons (Fsp3) is 0.222. The molecule has 0 amide bonds. The van der Waals surface area contributed by atoms with Gasteiger partial charge in [-0.3, -0.25) is 0 Å². The molecule has 0 unspecified atom stereocenters. The van der Waals surface area contributed by atoms with E-state index in [0.29, 0.717) is 0 Å². The van der Waals surface area contributed by atoms with Gasteiger partial charge in [-0.25, -0.2) is 0 Å². The van der Waals surface area contributed by atoms with Gasteiger partial charge in [-0.05, 0) is 0 Å². The van der Waals surface area contributed by atoms with Gasteiger partial charge in [-0.15, -0.1) is 0 Å². The Morgan fingerprint density at radius 3 is 2.09 bits per heavy atom. The summed E-state index contributed by atoms with van der Waals surface area (Å²) < 4.78 is 1.42. The van der Waals surface area contributed by atoms with Crippen molar-refractivity contribution in [2.75, 3.05) is 0 Å². The molecule has 0 spiro atoms. The van der Waals surface area contributed by atoms with Crippen LogP contribution in [0.1, 0.15) is 10.4 Å². The number of hydrogen-bond donors (Lipinski definition) is 0. The van der Waals surface area contributed by atoms with Gasteiger partial charge in [0.1, 0.15) is 0 Å². The van der Waals surface area contributed by atoms with E-state index in [1.54, 1.807) is 0 Å². The van der Waals surface area contributed by atoms with Crippen LogP contribution in [0, 0.1) is 0 Å². The molecule has 1 nitrogen and oxygen atoms in total. The molecule has 0 fully saturated rings. The topological polar surface area (TPSA) is 17.1 Å². The molecule has 0 heterocycles. The molecule has 1 aromatic rings. The average Bonchev–Trinajstić information content (AvgIpc) is 2.05. The summed E-state index contributed by atoms with van der Waals surface area (Å²) in [5.74, 6) is 0. The van der Waals surface area contributed by atoms with E-state index in [-0.39, 0.29) is 0 Å². The maximum atomic E-state index is 10.3. The number of aldehydes is 1. The van der Waals surface area contributed by atoms with E-state index in [2.05, 4.69) is 23.6 Å². The molecule has 0 atom stereocenters. The zero-order valence-corrected chi connectivity index (χ0v) is 8.62. The Morgan fingerprint density at radius 1 is 1.18 bits per heavy atom. The Bertz CT molecular complexity index is 238. The van der Waals surface area contributed by atoms with Crippen molar-refractivity contribution in [1.82, 2.24) is 0 Å². The number of carbonyl (C=O) groups is 1. The summed E-state index contributed by atoms with van der Waals surface area (Å²) >= 11 is -0.737. The van der Waals surface area contributed by atoms with E-state index in [9.17, 15) is 4.79 Å². The summed E-state index contributed by atoms with van der Waals surface area (Å²) in [5.41, 5.74) is 5.33. The Labute approximate surface area is 71.7 Å². The minimum absolute atomic E-state index is 0.737. The maximum absolute atomic E-state index is 10.3. The fourth-order valence-corrected chi connectivity index (χ4v) is 2.41. The van der Waals surface area contributed by atoms with Gasteiger partial charge < -0.3 is 0 Å². The van der Waals surface area contributed by atoms with Crippen LogP contribution in [0.2, 0.25) is 11.4 Å². The first-order chi connectivity index (χ1) is 5.24. The molecular weight excluding hydrogens is 199 g/mol. The zero-order valence-electron chi connectivity index (χ0n) is 6.74. The molecule has 11 heavy (non-hydrogen) atoms. The van der Waals surface area contributed by atoms with Crippen LogP contribution >= 0.6 is 0 Å². The second-order valence-corrected chi connectivity index (χ2v) is 7.44. The molecule has 0 aliphatic rings. The van der Waals surface area contributed by atoms with Crippen molar-refractivity contribution < 1.29 is 4.79 Å². The van der Waals surface area contributed by atoms with Gasteiger partial charge in [0.25, 0.3) is 0 Å². The second-order valence-electron chi connectivity index (χ2n) is 2.60. The van der Waals surface area contributed by atoms with Crippen LogP contribution in [0.25, 0.3) is 0 Å². The second kappa shape index (κ2) is 3.73. The third-order valence-electron chi connectivity index (χ3n) is 1.55. The van der Waals surface area contributed by atoms with Gasteiger partial charge in [-0.1, -0.05) is 0 Å². The summed E-state index contributed by atoms with van der Waals surface area (Å²) in [6, 6.07) is 7.89. The Morgan fingerprint density at radius 2 is 1.73 bits per heavy atom. The van der Waals surface area contributed by atoms with Crippen LogP contribution < -0.4 is 4.35 Å². The van der Waals surface area contributed by atoms with Gasteiger partial charge in [0.2, 0.25) is 0 Å². The van der Waals surface area contributed by atoms with Crippen molar-refractivity contribution in [2.45, 2.75) is 11.4 Å². The summed E-state index contributed by atoms with van der Waals surface area (Å²) in [4.78, 5) is 10.3. The first-order valence-corrected chi connectivity index (χ1v) is 8.16. The molecule has 0 bridgehead atoms. The van der Waals surface area contributed by atoms with Crippen LogP contribution in [0.3, 0.4) is 0 Å². The molecule has 0 radical (unpaired) electrons. The van der Waals surface area contributed by atoms with E-state index >= 15 is 0 Å². The first kappa shape index (κ1) is 8.54. The molecule has 0 saturated carbocycles. The van der Waals surface area contributed by atoms with Crippen molar-refractivity contribution in [3.05, 3.63) is 29.8 Å². The third kappa shape index (κ3) is 2.20. The van der Waals surface area contributed by atoms with Crippen molar-refractivity contribution in [3.8, 4) is 0 Å². The molecule has 0 aliphatic carbocycles. The summed E-state index contributed by atoms with van der Waals surface area (Å²) in [6.07, 6.45) is 0.881. The van der Waals surface area contributed by atoms with Crippen molar-refractivity contribution >= 4 is 25.3 Å². The molecule has 0 aliphatic heterocycles. The summed E-state index contributed by atoms with van der Waals surface area (Å²) in [7, 11) is 0. The number of hydrogen-bond acceptors (Lipinski definition) is 1. The predicted molar refractivity (Wildman–Crippen MR) is 48.9 cm³/mol. The molecule has 1 rings (SSSR count). The molecule has 0 N–H and O–H groups in total. The fourth-order valence-electron chi connectivity index (χ4n) is 0.851. The first-order valence-electron chi connectivity index (χ1n) is 3.46. The Kier molecular flexibility index (Phi) is 2.90. The summed E-state index contributed by atoms with van der Waals surface area (Å²) in [5, 5.41) is 0. The van der Waals surface area contributed by atoms with Gasteiger partial charge in [0.15, 0.2) is 0 Å². The summed E-state index contributed by atoms with van der Waals surface area (Å²) in [6.45, 7) is 0. The monoisotopic (exact) mass is 210 g/mol. The Balaban J connectivity index is 2.91. The molecule has 0 saturated heterocycles. The van der Waals surface area contributed by atoms with Crippen LogP contribution in [0.4, 0.5) is 0 Å². The molecule has 58 valence electrons. The quantitative estimate of drug-likeness (QED) is 0.533. The molecule has 2 heteroatoms. The predicted octanol–water partition coefficient (Wildman–Crippen LogP) is 1.46. The van der Waals surface area contributed by atoms with Gasteiger partial charge in [-0.2, -0.15) is 0 Å².